The zero-order chi connectivity index (χ0) is 15.9. The van der Waals surface area contributed by atoms with Crippen LogP contribution >= 0.6 is 22.3 Å². The zero-order valence-electron chi connectivity index (χ0n) is 11.4. The maximum absolute atomic E-state index is 13.6. The molecule has 1 aromatic rings. The van der Waals surface area contributed by atoms with E-state index < -0.39 is 25.7 Å². The van der Waals surface area contributed by atoms with Crippen LogP contribution in [-0.4, -0.2) is 32.8 Å². The molecule has 1 fully saturated rings. The van der Waals surface area contributed by atoms with Crippen LogP contribution in [0.3, 0.4) is 0 Å². The predicted molar refractivity (Wildman–Crippen MR) is 78.7 cm³/mol. The molecule has 116 valence electrons. The molecular formula is C13H14Cl2FNO3S. The van der Waals surface area contributed by atoms with Gasteiger partial charge in [0.1, 0.15) is 10.7 Å². The van der Waals surface area contributed by atoms with Gasteiger partial charge >= 0.3 is 0 Å². The van der Waals surface area contributed by atoms with Crippen molar-refractivity contribution in [1.82, 2.24) is 4.90 Å². The van der Waals surface area contributed by atoms with Gasteiger partial charge in [-0.1, -0.05) is 18.5 Å². The molecule has 0 spiro atoms. The van der Waals surface area contributed by atoms with Crippen molar-refractivity contribution in [3.63, 3.8) is 0 Å². The van der Waals surface area contributed by atoms with Crippen LogP contribution in [0.25, 0.3) is 0 Å². The van der Waals surface area contributed by atoms with E-state index in [2.05, 4.69) is 6.92 Å². The lowest BCUT2D eigenvalue weighted by Gasteiger charge is -2.18. The Balaban J connectivity index is 2.32. The normalized spacial score (nSPS) is 21.2. The summed E-state index contributed by atoms with van der Waals surface area (Å²) < 4.78 is 36.2. The second-order valence-corrected chi connectivity index (χ2v) is 8.30. The van der Waals surface area contributed by atoms with Crippen LogP contribution in [0.5, 0.6) is 0 Å². The third-order valence-corrected chi connectivity index (χ3v) is 5.30. The minimum atomic E-state index is -4.28. The molecule has 2 rings (SSSR count). The zero-order valence-corrected chi connectivity index (χ0v) is 13.8. The average molecular weight is 354 g/mol. The van der Waals surface area contributed by atoms with Gasteiger partial charge in [0.05, 0.1) is 10.6 Å². The number of hydrogen-bond donors (Lipinski definition) is 0. The molecule has 4 nitrogen and oxygen atoms in total. The second-order valence-electron chi connectivity index (χ2n) is 5.36. The highest BCUT2D eigenvalue weighted by Gasteiger charge is 2.34. The first-order valence-electron chi connectivity index (χ1n) is 6.30. The van der Waals surface area contributed by atoms with Gasteiger partial charge < -0.3 is 4.90 Å². The van der Waals surface area contributed by atoms with Gasteiger partial charge in [-0.05, 0) is 30.4 Å². The van der Waals surface area contributed by atoms with Gasteiger partial charge in [0, 0.05) is 24.3 Å². The van der Waals surface area contributed by atoms with Crippen LogP contribution < -0.4 is 0 Å². The molecule has 0 saturated heterocycles. The molecular weight excluding hydrogens is 340 g/mol. The van der Waals surface area contributed by atoms with E-state index in [1.54, 1.807) is 7.05 Å². The quantitative estimate of drug-likeness (QED) is 0.781. The van der Waals surface area contributed by atoms with Gasteiger partial charge in [-0.3, -0.25) is 4.79 Å². The molecule has 1 saturated carbocycles. The van der Waals surface area contributed by atoms with Gasteiger partial charge in [0.2, 0.25) is 0 Å². The summed E-state index contributed by atoms with van der Waals surface area (Å²) in [7, 11) is 2.47. The van der Waals surface area contributed by atoms with Gasteiger partial charge in [0.25, 0.3) is 15.0 Å². The molecule has 0 aromatic heterocycles. The standard InChI is InChI=1S/C13H14Cl2FNO3S/c1-7-3-8(7)6-17(2)13(18)9-4-12(21(15,19)20)11(16)5-10(9)14/h4-5,7-8H,3,6H2,1-2H3. The Morgan fingerprint density at radius 3 is 2.52 bits per heavy atom. The molecule has 0 radical (unpaired) electrons. The van der Waals surface area contributed by atoms with E-state index in [0.29, 0.717) is 18.4 Å². The van der Waals surface area contributed by atoms with E-state index in [9.17, 15) is 17.6 Å². The Hall–Kier alpha value is -0.850. The molecule has 1 amide bonds. The lowest BCUT2D eigenvalue weighted by molar-refractivity contribution is 0.0787. The van der Waals surface area contributed by atoms with E-state index in [0.717, 1.165) is 18.6 Å². The highest BCUT2D eigenvalue weighted by Crippen LogP contribution is 2.38. The minimum absolute atomic E-state index is 0.0758. The number of benzene rings is 1. The SMILES string of the molecule is CC1CC1CN(C)C(=O)c1cc(S(=O)(=O)Cl)c(F)cc1Cl. The summed E-state index contributed by atoms with van der Waals surface area (Å²) in [6.07, 6.45) is 1.05. The Bertz CT molecular complexity index is 693. The minimum Gasteiger partial charge on any atom is -0.341 e. The van der Waals surface area contributed by atoms with E-state index in [1.807, 2.05) is 0 Å². The lowest BCUT2D eigenvalue weighted by atomic mass is 10.2. The van der Waals surface area contributed by atoms with Crippen LogP contribution in [0.15, 0.2) is 17.0 Å². The summed E-state index contributed by atoms with van der Waals surface area (Å²) in [5, 5.41) is -0.141. The van der Waals surface area contributed by atoms with Crippen molar-refractivity contribution in [1.29, 1.82) is 0 Å². The Labute approximate surface area is 132 Å². The van der Waals surface area contributed by atoms with Gasteiger partial charge in [-0.15, -0.1) is 0 Å². The fourth-order valence-corrected chi connectivity index (χ4v) is 3.31. The Morgan fingerprint density at radius 1 is 1.48 bits per heavy atom. The van der Waals surface area contributed by atoms with Crippen molar-refractivity contribution in [2.75, 3.05) is 13.6 Å². The maximum atomic E-state index is 13.6. The maximum Gasteiger partial charge on any atom is 0.264 e. The van der Waals surface area contributed by atoms with E-state index >= 15 is 0 Å². The molecule has 0 N–H and O–H groups in total. The molecule has 0 bridgehead atoms. The summed E-state index contributed by atoms with van der Waals surface area (Å²) in [5.41, 5.74) is -0.0758. The van der Waals surface area contributed by atoms with Crippen LogP contribution in [0.2, 0.25) is 5.02 Å². The third kappa shape index (κ3) is 3.67. The highest BCUT2D eigenvalue weighted by molar-refractivity contribution is 8.13. The van der Waals surface area contributed by atoms with Crippen LogP contribution in [0.1, 0.15) is 23.7 Å². The largest absolute Gasteiger partial charge is 0.341 e. The van der Waals surface area contributed by atoms with Crippen LogP contribution in [-0.2, 0) is 9.05 Å². The van der Waals surface area contributed by atoms with Gasteiger partial charge in [-0.2, -0.15) is 0 Å². The van der Waals surface area contributed by atoms with Crippen LogP contribution in [0, 0.1) is 17.7 Å². The number of nitrogens with zero attached hydrogens (tertiary/aromatic N) is 1. The fourth-order valence-electron chi connectivity index (χ4n) is 2.17. The van der Waals surface area contributed by atoms with Crippen LogP contribution in [0.4, 0.5) is 4.39 Å². The molecule has 1 aliphatic carbocycles. The molecule has 21 heavy (non-hydrogen) atoms. The number of rotatable bonds is 4. The van der Waals surface area contributed by atoms with Crippen molar-refractivity contribution >= 4 is 37.2 Å². The Morgan fingerprint density at radius 2 is 2.05 bits per heavy atom. The first kappa shape index (κ1) is 16.5. The topological polar surface area (TPSA) is 54.5 Å². The van der Waals surface area contributed by atoms with Gasteiger partial charge in [0.15, 0.2) is 0 Å². The molecule has 8 heteroatoms. The molecule has 2 unspecified atom stereocenters. The number of hydrogen-bond acceptors (Lipinski definition) is 3. The molecule has 1 aromatic carbocycles. The van der Waals surface area contributed by atoms with Gasteiger partial charge in [-0.25, -0.2) is 12.8 Å². The van der Waals surface area contributed by atoms with E-state index in [-0.39, 0.29) is 10.6 Å². The van der Waals surface area contributed by atoms with Crippen molar-refractivity contribution in [2.24, 2.45) is 11.8 Å². The number of amides is 1. The van der Waals surface area contributed by atoms with E-state index in [1.165, 1.54) is 4.90 Å². The fraction of sp³-hybridized carbons (Fsp3) is 0.462. The first-order valence-corrected chi connectivity index (χ1v) is 8.99. The summed E-state index contributed by atoms with van der Waals surface area (Å²) in [4.78, 5) is 13.0. The Kier molecular flexibility index (Phi) is 4.52. The van der Waals surface area contributed by atoms with E-state index in [4.69, 9.17) is 22.3 Å². The molecule has 1 aliphatic rings. The first-order chi connectivity index (χ1) is 9.61. The van der Waals surface area contributed by atoms with Crippen molar-refractivity contribution in [3.8, 4) is 0 Å². The monoisotopic (exact) mass is 353 g/mol. The van der Waals surface area contributed by atoms with Crippen molar-refractivity contribution in [3.05, 3.63) is 28.5 Å². The second kappa shape index (κ2) is 5.74. The smallest absolute Gasteiger partial charge is 0.264 e. The molecule has 0 aliphatic heterocycles. The average Bonchev–Trinajstić information content (AvgIpc) is 3.02. The summed E-state index contributed by atoms with van der Waals surface area (Å²) in [6, 6.07) is 1.67. The number of carbonyl (C=O) groups excluding carboxylic acids is 1. The molecule has 2 atom stereocenters. The summed E-state index contributed by atoms with van der Waals surface area (Å²) in [6.45, 7) is 2.64. The van der Waals surface area contributed by atoms with Crippen molar-refractivity contribution in [2.45, 2.75) is 18.2 Å². The highest BCUT2D eigenvalue weighted by atomic mass is 35.7. The predicted octanol–water partition coefficient (Wildman–Crippen LogP) is 3.13. The summed E-state index contributed by atoms with van der Waals surface area (Å²) in [5.74, 6) is -0.525. The number of carbonyl (C=O) groups is 1. The molecule has 0 heterocycles. The van der Waals surface area contributed by atoms with Crippen molar-refractivity contribution < 1.29 is 17.6 Å². The third-order valence-electron chi connectivity index (χ3n) is 3.65. The summed E-state index contributed by atoms with van der Waals surface area (Å²) >= 11 is 5.85. The lowest BCUT2D eigenvalue weighted by Crippen LogP contribution is -2.29. The number of halogens is 3.